The Bertz CT molecular complexity index is 386. The lowest BCUT2D eigenvalue weighted by atomic mass is 9.89. The van der Waals surface area contributed by atoms with Gasteiger partial charge in [-0.15, -0.1) is 0 Å². The topological polar surface area (TPSA) is 43.4 Å². The van der Waals surface area contributed by atoms with Gasteiger partial charge in [0.2, 0.25) is 0 Å². The van der Waals surface area contributed by atoms with E-state index in [1.807, 2.05) is 6.08 Å². The standard InChI is InChI=1S/C19H30O3/c20-17-12-10-8-6-4-2-1-3-5-7-9-11-16(15-17)18-13-14-19(21)22-18/h13-14,16,18H,1-12,15H2/t16-,18+/m1/s1. The Kier molecular flexibility index (Phi) is 7.68. The van der Waals surface area contributed by atoms with Crippen LogP contribution in [0.2, 0.25) is 0 Å². The number of hydrogen-bond acceptors (Lipinski definition) is 3. The van der Waals surface area contributed by atoms with Crippen LogP contribution in [-0.2, 0) is 14.3 Å². The predicted octanol–water partition coefficient (Wildman–Crippen LogP) is 4.74. The zero-order valence-corrected chi connectivity index (χ0v) is 13.7. The molecule has 2 atom stereocenters. The van der Waals surface area contributed by atoms with Crippen LogP contribution in [0, 0.1) is 5.92 Å². The third-order valence-corrected chi connectivity index (χ3v) is 4.91. The summed E-state index contributed by atoms with van der Waals surface area (Å²) in [6.07, 6.45) is 17.9. The van der Waals surface area contributed by atoms with E-state index in [0.717, 1.165) is 19.3 Å². The SMILES string of the molecule is O=C1CCCCCCCCCCCC[C@@H]([C@@H]2C=CC(=O)O2)C1. The molecular weight excluding hydrogens is 276 g/mol. The molecule has 0 amide bonds. The zero-order valence-electron chi connectivity index (χ0n) is 13.7. The summed E-state index contributed by atoms with van der Waals surface area (Å²) in [5.41, 5.74) is 0. The summed E-state index contributed by atoms with van der Waals surface area (Å²) in [5, 5.41) is 0. The second-order valence-corrected chi connectivity index (χ2v) is 6.84. The van der Waals surface area contributed by atoms with Gasteiger partial charge in [-0.05, 0) is 18.9 Å². The monoisotopic (exact) mass is 306 g/mol. The van der Waals surface area contributed by atoms with Crippen LogP contribution in [0.4, 0.5) is 0 Å². The molecule has 0 aromatic carbocycles. The molecule has 22 heavy (non-hydrogen) atoms. The van der Waals surface area contributed by atoms with Gasteiger partial charge >= 0.3 is 5.97 Å². The number of ketones is 1. The van der Waals surface area contributed by atoms with Gasteiger partial charge in [-0.1, -0.05) is 57.8 Å². The van der Waals surface area contributed by atoms with E-state index in [9.17, 15) is 9.59 Å². The van der Waals surface area contributed by atoms with E-state index in [1.54, 1.807) is 0 Å². The molecule has 2 aliphatic rings. The van der Waals surface area contributed by atoms with Gasteiger partial charge in [-0.3, -0.25) is 4.79 Å². The number of carbonyl (C=O) groups is 2. The molecule has 3 heteroatoms. The molecule has 1 aliphatic carbocycles. The maximum absolute atomic E-state index is 12.2. The molecule has 3 nitrogen and oxygen atoms in total. The van der Waals surface area contributed by atoms with Crippen LogP contribution in [0.3, 0.4) is 0 Å². The van der Waals surface area contributed by atoms with Gasteiger partial charge in [0.1, 0.15) is 11.9 Å². The normalized spacial score (nSPS) is 29.6. The van der Waals surface area contributed by atoms with Gasteiger partial charge in [-0.2, -0.15) is 0 Å². The molecule has 1 saturated carbocycles. The quantitative estimate of drug-likeness (QED) is 0.657. The number of esters is 1. The minimum absolute atomic E-state index is 0.174. The minimum Gasteiger partial charge on any atom is -0.455 e. The third-order valence-electron chi connectivity index (χ3n) is 4.91. The van der Waals surface area contributed by atoms with E-state index < -0.39 is 0 Å². The first-order chi connectivity index (χ1) is 10.8. The first-order valence-corrected chi connectivity index (χ1v) is 9.16. The van der Waals surface area contributed by atoms with E-state index in [0.29, 0.717) is 18.6 Å². The van der Waals surface area contributed by atoms with Crippen molar-refractivity contribution in [2.45, 2.75) is 89.6 Å². The van der Waals surface area contributed by atoms with E-state index in [4.69, 9.17) is 4.74 Å². The fourth-order valence-electron chi connectivity index (χ4n) is 3.56. The lowest BCUT2D eigenvalue weighted by Crippen LogP contribution is -2.23. The maximum Gasteiger partial charge on any atom is 0.331 e. The van der Waals surface area contributed by atoms with Crippen LogP contribution in [0.1, 0.15) is 83.5 Å². The molecule has 0 bridgehead atoms. The molecular formula is C19H30O3. The van der Waals surface area contributed by atoms with Crippen LogP contribution in [0.5, 0.6) is 0 Å². The largest absolute Gasteiger partial charge is 0.455 e. The molecule has 1 fully saturated rings. The van der Waals surface area contributed by atoms with Crippen molar-refractivity contribution in [2.24, 2.45) is 5.92 Å². The summed E-state index contributed by atoms with van der Waals surface area (Å²) < 4.78 is 5.34. The second kappa shape index (κ2) is 9.81. The predicted molar refractivity (Wildman–Crippen MR) is 87.5 cm³/mol. The highest BCUT2D eigenvalue weighted by Crippen LogP contribution is 2.26. The van der Waals surface area contributed by atoms with Gasteiger partial charge in [0.05, 0.1) is 0 Å². The van der Waals surface area contributed by atoms with Crippen molar-refractivity contribution in [1.29, 1.82) is 0 Å². The number of carbonyl (C=O) groups excluding carboxylic acids is 2. The van der Waals surface area contributed by atoms with Gasteiger partial charge in [0, 0.05) is 24.8 Å². The van der Waals surface area contributed by atoms with Crippen molar-refractivity contribution in [3.63, 3.8) is 0 Å². The number of Topliss-reactive ketones (excluding diaryl/α,β-unsaturated/α-hetero) is 1. The first kappa shape index (κ1) is 17.2. The Labute approximate surface area is 134 Å². The third kappa shape index (κ3) is 6.33. The zero-order chi connectivity index (χ0) is 15.6. The van der Waals surface area contributed by atoms with Crippen molar-refractivity contribution in [2.75, 3.05) is 0 Å². The summed E-state index contributed by atoms with van der Waals surface area (Å²) in [4.78, 5) is 23.5. The summed E-state index contributed by atoms with van der Waals surface area (Å²) in [6, 6.07) is 0. The smallest absolute Gasteiger partial charge is 0.331 e. The second-order valence-electron chi connectivity index (χ2n) is 6.84. The molecule has 1 heterocycles. The van der Waals surface area contributed by atoms with Crippen LogP contribution in [0.15, 0.2) is 12.2 Å². The Morgan fingerprint density at radius 1 is 0.818 bits per heavy atom. The number of hydrogen-bond donors (Lipinski definition) is 0. The lowest BCUT2D eigenvalue weighted by molar-refractivity contribution is -0.141. The van der Waals surface area contributed by atoms with Gasteiger partial charge in [0.25, 0.3) is 0 Å². The minimum atomic E-state index is -0.256. The molecule has 0 aromatic rings. The fourth-order valence-corrected chi connectivity index (χ4v) is 3.56. The van der Waals surface area contributed by atoms with E-state index >= 15 is 0 Å². The van der Waals surface area contributed by atoms with Crippen molar-refractivity contribution in [1.82, 2.24) is 0 Å². The van der Waals surface area contributed by atoms with Crippen molar-refractivity contribution < 1.29 is 14.3 Å². The molecule has 0 N–H and O–H groups in total. The van der Waals surface area contributed by atoms with Crippen LogP contribution >= 0.6 is 0 Å². The molecule has 124 valence electrons. The maximum atomic E-state index is 12.2. The van der Waals surface area contributed by atoms with Gasteiger partial charge in [0.15, 0.2) is 0 Å². The molecule has 0 aromatic heterocycles. The van der Waals surface area contributed by atoms with E-state index in [1.165, 1.54) is 57.4 Å². The van der Waals surface area contributed by atoms with Gasteiger partial charge in [-0.25, -0.2) is 4.79 Å². The summed E-state index contributed by atoms with van der Waals surface area (Å²) in [7, 11) is 0. The Hall–Kier alpha value is -1.12. The lowest BCUT2D eigenvalue weighted by Gasteiger charge is -2.21. The number of rotatable bonds is 1. The summed E-state index contributed by atoms with van der Waals surface area (Å²) in [5.74, 6) is 0.268. The Balaban J connectivity index is 1.86. The average Bonchev–Trinajstić information content (AvgIpc) is 2.92. The highest BCUT2D eigenvalue weighted by Gasteiger charge is 2.27. The van der Waals surface area contributed by atoms with E-state index in [2.05, 4.69) is 0 Å². The van der Waals surface area contributed by atoms with Crippen LogP contribution in [-0.4, -0.2) is 17.9 Å². The Morgan fingerprint density at radius 3 is 2.00 bits per heavy atom. The average molecular weight is 306 g/mol. The molecule has 0 saturated heterocycles. The Morgan fingerprint density at radius 2 is 1.41 bits per heavy atom. The molecule has 0 spiro atoms. The highest BCUT2D eigenvalue weighted by atomic mass is 16.5. The van der Waals surface area contributed by atoms with Crippen LogP contribution in [0.25, 0.3) is 0 Å². The van der Waals surface area contributed by atoms with Crippen molar-refractivity contribution in [3.05, 3.63) is 12.2 Å². The molecule has 2 rings (SSSR count). The van der Waals surface area contributed by atoms with Crippen LogP contribution < -0.4 is 0 Å². The first-order valence-electron chi connectivity index (χ1n) is 9.16. The van der Waals surface area contributed by atoms with Crippen molar-refractivity contribution >= 4 is 11.8 Å². The highest BCUT2D eigenvalue weighted by molar-refractivity contribution is 5.84. The molecule has 1 aliphatic heterocycles. The molecule has 0 unspecified atom stereocenters. The van der Waals surface area contributed by atoms with Crippen molar-refractivity contribution in [3.8, 4) is 0 Å². The summed E-state index contributed by atoms with van der Waals surface area (Å²) >= 11 is 0. The molecule has 0 radical (unpaired) electrons. The summed E-state index contributed by atoms with van der Waals surface area (Å²) in [6.45, 7) is 0. The van der Waals surface area contributed by atoms with Gasteiger partial charge < -0.3 is 4.74 Å². The number of cyclic esters (lactones) is 1. The van der Waals surface area contributed by atoms with E-state index in [-0.39, 0.29) is 18.0 Å². The fraction of sp³-hybridized carbons (Fsp3) is 0.789. The number of ether oxygens (including phenoxy) is 1.